The van der Waals surface area contributed by atoms with Gasteiger partial charge < -0.3 is 16.0 Å². The van der Waals surface area contributed by atoms with Crippen LogP contribution in [0, 0.1) is 6.92 Å². The van der Waals surface area contributed by atoms with E-state index in [1.54, 1.807) is 11.5 Å². The first-order valence-electron chi connectivity index (χ1n) is 11.4. The number of piperidine rings is 1. The third-order valence-corrected chi connectivity index (χ3v) is 6.96. The summed E-state index contributed by atoms with van der Waals surface area (Å²) in [6.07, 6.45) is 1.76. The minimum Gasteiger partial charge on any atom is -0.344 e. The monoisotopic (exact) mass is 483 g/mol. The Bertz CT molecular complexity index is 1250. The normalized spacial score (nSPS) is 14.7. The van der Waals surface area contributed by atoms with E-state index in [9.17, 15) is 9.59 Å². The third kappa shape index (κ3) is 4.97. The van der Waals surface area contributed by atoms with Gasteiger partial charge in [-0.15, -0.1) is 0 Å². The fourth-order valence-electron chi connectivity index (χ4n) is 4.82. The van der Waals surface area contributed by atoms with Gasteiger partial charge in [0.2, 0.25) is 5.91 Å². The molecule has 3 N–H and O–H groups in total. The number of halogens is 1. The number of hydrogen-bond donors (Lipinski definition) is 1. The Labute approximate surface area is 205 Å². The topological polar surface area (TPSA) is 85.5 Å². The zero-order valence-corrected chi connectivity index (χ0v) is 21.0. The summed E-state index contributed by atoms with van der Waals surface area (Å²) in [5, 5.41) is 0.676. The summed E-state index contributed by atoms with van der Waals surface area (Å²) in [4.78, 5) is 29.7. The van der Waals surface area contributed by atoms with Crippen molar-refractivity contribution < 1.29 is 4.79 Å². The number of aromatic nitrogens is 2. The number of para-hydroxylation sites is 2. The summed E-state index contributed by atoms with van der Waals surface area (Å²) in [5.74, 6) is 0.0347. The predicted octanol–water partition coefficient (Wildman–Crippen LogP) is 4.93. The van der Waals surface area contributed by atoms with Gasteiger partial charge in [-0.1, -0.05) is 36.4 Å². The number of carbonyl (C=O) groups excluding carboxylic acids is 1. The predicted molar refractivity (Wildman–Crippen MR) is 141 cm³/mol. The largest absolute Gasteiger partial charge is 0.344 e. The average Bonchev–Trinajstić information content (AvgIpc) is 3.07. The average molecular weight is 484 g/mol. The van der Waals surface area contributed by atoms with Crippen molar-refractivity contribution in [2.75, 3.05) is 24.5 Å². The van der Waals surface area contributed by atoms with Crippen molar-refractivity contribution >= 4 is 39.9 Å². The quantitative estimate of drug-likeness (QED) is 0.538. The van der Waals surface area contributed by atoms with Crippen LogP contribution >= 0.6 is 11.6 Å². The lowest BCUT2D eigenvalue weighted by Gasteiger charge is -2.38. The summed E-state index contributed by atoms with van der Waals surface area (Å²) >= 11 is 6.32. The van der Waals surface area contributed by atoms with Gasteiger partial charge >= 0.3 is 5.69 Å². The van der Waals surface area contributed by atoms with Crippen molar-refractivity contribution in [1.29, 1.82) is 0 Å². The number of amides is 1. The summed E-state index contributed by atoms with van der Waals surface area (Å²) in [5.41, 5.74) is 4.36. The van der Waals surface area contributed by atoms with Gasteiger partial charge in [-0.05, 0) is 56.5 Å². The lowest BCUT2D eigenvalue weighted by molar-refractivity contribution is -0.117. The highest BCUT2D eigenvalue weighted by Gasteiger charge is 2.28. The van der Waals surface area contributed by atoms with Crippen molar-refractivity contribution in [1.82, 2.24) is 20.2 Å². The fourth-order valence-corrected chi connectivity index (χ4v) is 4.99. The zero-order valence-electron chi connectivity index (χ0n) is 20.3. The minimum absolute atomic E-state index is 0. The Morgan fingerprint density at radius 1 is 1.09 bits per heavy atom. The number of likely N-dealkylation sites (tertiary alicyclic amines) is 1. The number of fused-ring (bicyclic) bond motifs is 1. The molecule has 1 aliphatic heterocycles. The van der Waals surface area contributed by atoms with Gasteiger partial charge in [-0.3, -0.25) is 13.9 Å². The Morgan fingerprint density at radius 2 is 1.74 bits per heavy atom. The molecule has 1 aliphatic rings. The summed E-state index contributed by atoms with van der Waals surface area (Å²) in [7, 11) is 0. The molecule has 1 amide bonds. The van der Waals surface area contributed by atoms with Crippen LogP contribution in [0.3, 0.4) is 0 Å². The van der Waals surface area contributed by atoms with Crippen LogP contribution in [0.5, 0.6) is 0 Å². The molecule has 2 heterocycles. The molecule has 0 unspecified atom stereocenters. The summed E-state index contributed by atoms with van der Waals surface area (Å²) in [6.45, 7) is 12.6. The lowest BCUT2D eigenvalue weighted by Crippen LogP contribution is -2.47. The SMILES string of the molecule is C=C(C)n1c(=O)n(CCN2CCC(N(C(C)=O)c3ccc(C)c(Cl)c3)CC2)c2ccccc21.N. The number of benzene rings is 2. The molecule has 34 heavy (non-hydrogen) atoms. The molecule has 0 atom stereocenters. The molecule has 1 saturated heterocycles. The first-order chi connectivity index (χ1) is 15.8. The number of carbonyl (C=O) groups is 1. The van der Waals surface area contributed by atoms with Crippen LogP contribution in [0.1, 0.15) is 32.3 Å². The molecule has 1 aromatic heterocycles. The molecule has 182 valence electrons. The molecule has 7 nitrogen and oxygen atoms in total. The van der Waals surface area contributed by atoms with Crippen LogP contribution in [-0.2, 0) is 11.3 Å². The van der Waals surface area contributed by atoms with E-state index in [-0.39, 0.29) is 23.8 Å². The van der Waals surface area contributed by atoms with Crippen molar-refractivity contribution in [3.63, 3.8) is 0 Å². The zero-order chi connectivity index (χ0) is 23.7. The summed E-state index contributed by atoms with van der Waals surface area (Å²) < 4.78 is 3.52. The molecule has 8 heteroatoms. The number of hydrogen-bond acceptors (Lipinski definition) is 4. The number of aryl methyl sites for hydroxylation is 1. The number of allylic oxidation sites excluding steroid dienone is 1. The van der Waals surface area contributed by atoms with Crippen LogP contribution < -0.4 is 16.7 Å². The van der Waals surface area contributed by atoms with Gasteiger partial charge in [-0.2, -0.15) is 0 Å². The number of anilines is 1. The second-order valence-corrected chi connectivity index (χ2v) is 9.30. The van der Waals surface area contributed by atoms with Crippen molar-refractivity contribution in [3.8, 4) is 0 Å². The van der Waals surface area contributed by atoms with E-state index in [2.05, 4.69) is 11.5 Å². The standard InChI is InChI=1S/C26H31ClN4O2.H3N/c1-18(2)30-25-8-6-5-7-24(25)29(26(30)33)16-15-28-13-11-21(12-14-28)31(20(4)32)22-10-9-19(3)23(27)17-22;/h5-10,17,21H,1,11-16H2,2-4H3;1H3. The number of imidazole rings is 1. The van der Waals surface area contributed by atoms with E-state index in [1.165, 1.54) is 0 Å². The minimum atomic E-state index is -0.0439. The lowest BCUT2D eigenvalue weighted by atomic mass is 10.0. The molecule has 0 saturated carbocycles. The summed E-state index contributed by atoms with van der Waals surface area (Å²) in [6, 6.07) is 13.8. The highest BCUT2D eigenvalue weighted by atomic mass is 35.5. The Kier molecular flexibility index (Phi) is 8.02. The molecule has 0 aliphatic carbocycles. The van der Waals surface area contributed by atoms with E-state index in [1.807, 2.05) is 65.8 Å². The van der Waals surface area contributed by atoms with Gasteiger partial charge in [0.15, 0.2) is 0 Å². The van der Waals surface area contributed by atoms with Gasteiger partial charge in [0.05, 0.1) is 11.0 Å². The first kappa shape index (κ1) is 25.7. The molecule has 0 bridgehead atoms. The Hall–Kier alpha value is -2.87. The van der Waals surface area contributed by atoms with Gasteiger partial charge in [0, 0.05) is 55.6 Å². The molecular weight excluding hydrogens is 450 g/mol. The molecular formula is C26H34ClN5O2. The smallest absolute Gasteiger partial charge is 0.333 e. The second-order valence-electron chi connectivity index (χ2n) is 8.89. The number of nitrogens with zero attached hydrogens (tertiary/aromatic N) is 4. The van der Waals surface area contributed by atoms with Crippen LogP contribution in [0.25, 0.3) is 16.7 Å². The van der Waals surface area contributed by atoms with E-state index in [0.29, 0.717) is 11.6 Å². The van der Waals surface area contributed by atoms with Crippen molar-refractivity contribution in [2.45, 2.75) is 46.2 Å². The van der Waals surface area contributed by atoms with Gasteiger partial charge in [0.1, 0.15) is 0 Å². The van der Waals surface area contributed by atoms with Crippen LogP contribution in [0.2, 0.25) is 5.02 Å². The van der Waals surface area contributed by atoms with Gasteiger partial charge in [0.25, 0.3) is 0 Å². The van der Waals surface area contributed by atoms with Crippen LogP contribution in [0.4, 0.5) is 5.69 Å². The van der Waals surface area contributed by atoms with Crippen molar-refractivity contribution in [2.24, 2.45) is 0 Å². The van der Waals surface area contributed by atoms with Crippen LogP contribution in [0.15, 0.2) is 53.8 Å². The van der Waals surface area contributed by atoms with E-state index in [0.717, 1.165) is 60.5 Å². The van der Waals surface area contributed by atoms with E-state index in [4.69, 9.17) is 11.6 Å². The highest BCUT2D eigenvalue weighted by Crippen LogP contribution is 2.28. The maximum absolute atomic E-state index is 13.0. The van der Waals surface area contributed by atoms with Gasteiger partial charge in [-0.25, -0.2) is 4.79 Å². The van der Waals surface area contributed by atoms with Crippen molar-refractivity contribution in [3.05, 3.63) is 70.1 Å². The Morgan fingerprint density at radius 3 is 2.32 bits per heavy atom. The highest BCUT2D eigenvalue weighted by molar-refractivity contribution is 6.31. The third-order valence-electron chi connectivity index (χ3n) is 6.55. The number of rotatable bonds is 6. The molecule has 2 aromatic carbocycles. The van der Waals surface area contributed by atoms with E-state index >= 15 is 0 Å². The Balaban J connectivity index is 0.00000324. The van der Waals surface area contributed by atoms with Crippen LogP contribution in [-0.4, -0.2) is 45.6 Å². The van der Waals surface area contributed by atoms with E-state index < -0.39 is 0 Å². The molecule has 0 spiro atoms. The molecule has 1 fully saturated rings. The molecule has 0 radical (unpaired) electrons. The fraction of sp³-hybridized carbons (Fsp3) is 0.385. The first-order valence-corrected chi connectivity index (χ1v) is 11.8. The second kappa shape index (κ2) is 10.6. The maximum Gasteiger partial charge on any atom is 0.333 e. The molecule has 4 rings (SSSR count). The molecule has 3 aromatic rings. The maximum atomic E-state index is 13.0.